The minimum absolute atomic E-state index is 0.367. The third-order valence-corrected chi connectivity index (χ3v) is 6.86. The van der Waals surface area contributed by atoms with Gasteiger partial charge in [0, 0.05) is 22.9 Å². The van der Waals surface area contributed by atoms with Gasteiger partial charge in [-0.1, -0.05) is 42.5 Å². The first-order valence-corrected chi connectivity index (χ1v) is 10.2. The Bertz CT molecular complexity index is 859. The smallest absolute Gasteiger partial charge is 0.110 e. The predicted molar refractivity (Wildman–Crippen MR) is 105 cm³/mol. The first kappa shape index (κ1) is 14.9. The van der Waals surface area contributed by atoms with Crippen LogP contribution in [0.15, 0.2) is 77.2 Å². The number of allylic oxidation sites excluding steroid dienone is 3. The second kappa shape index (κ2) is 5.64. The largest absolute Gasteiger partial charge is 0.493 e. The zero-order chi connectivity index (χ0) is 17.1. The summed E-state index contributed by atoms with van der Waals surface area (Å²) in [4.78, 5) is 2.61. The molecule has 2 heteroatoms. The highest BCUT2D eigenvalue weighted by Crippen LogP contribution is 2.54. The molecule has 26 heavy (non-hydrogen) atoms. The summed E-state index contributed by atoms with van der Waals surface area (Å²) in [6.07, 6.45) is 17.3. The van der Waals surface area contributed by atoms with Crippen molar-refractivity contribution in [3.63, 3.8) is 0 Å². The van der Waals surface area contributed by atoms with Crippen LogP contribution in [-0.2, 0) is 4.74 Å². The standard InChI is InChI=1S/C24H25NO/c1-2-8-16(9-3-1)25-20-12-6-4-11-19(20)23-21(25)15-14-18-17-10-5-7-13-22(17)26-24(18)23/h1-3,5,8-10,14-15,17,21-23H,4,6-7,11-13H2. The van der Waals surface area contributed by atoms with Gasteiger partial charge in [-0.15, -0.1) is 0 Å². The van der Waals surface area contributed by atoms with E-state index in [2.05, 4.69) is 59.5 Å². The third kappa shape index (κ3) is 1.99. The van der Waals surface area contributed by atoms with E-state index in [0.29, 0.717) is 24.0 Å². The maximum atomic E-state index is 6.63. The summed E-state index contributed by atoms with van der Waals surface area (Å²) in [6, 6.07) is 11.3. The predicted octanol–water partition coefficient (Wildman–Crippen LogP) is 5.51. The second-order valence-electron chi connectivity index (χ2n) is 8.22. The lowest BCUT2D eigenvalue weighted by atomic mass is 9.79. The Balaban J connectivity index is 1.47. The average molecular weight is 343 g/mol. The number of nitrogens with zero attached hydrogens (tertiary/aromatic N) is 1. The van der Waals surface area contributed by atoms with Crippen molar-refractivity contribution in [1.82, 2.24) is 0 Å². The number of ether oxygens (including phenoxy) is 1. The fourth-order valence-corrected chi connectivity index (χ4v) is 5.77. The lowest BCUT2D eigenvalue weighted by Crippen LogP contribution is -2.35. The van der Waals surface area contributed by atoms with E-state index in [1.54, 1.807) is 11.3 Å². The quantitative estimate of drug-likeness (QED) is 0.624. The number of fused-ring (bicyclic) bond motifs is 5. The Morgan fingerprint density at radius 3 is 2.81 bits per heavy atom. The van der Waals surface area contributed by atoms with Crippen molar-refractivity contribution >= 4 is 5.69 Å². The summed E-state index contributed by atoms with van der Waals surface area (Å²) in [5.74, 6) is 2.21. The number of hydrogen-bond donors (Lipinski definition) is 0. The normalized spacial score (nSPS) is 34.4. The fraction of sp³-hybridized carbons (Fsp3) is 0.417. The number of benzene rings is 1. The molecule has 0 amide bonds. The van der Waals surface area contributed by atoms with E-state index >= 15 is 0 Å². The van der Waals surface area contributed by atoms with Crippen molar-refractivity contribution in [2.24, 2.45) is 11.8 Å². The van der Waals surface area contributed by atoms with E-state index in [0.717, 1.165) is 12.8 Å². The van der Waals surface area contributed by atoms with E-state index < -0.39 is 0 Å². The molecule has 0 spiro atoms. The molecule has 2 heterocycles. The molecule has 6 rings (SSSR count). The highest BCUT2D eigenvalue weighted by atomic mass is 16.5. The van der Waals surface area contributed by atoms with Crippen LogP contribution in [0.2, 0.25) is 0 Å². The zero-order valence-corrected chi connectivity index (χ0v) is 15.1. The molecule has 0 radical (unpaired) electrons. The average Bonchev–Trinajstić information content (AvgIpc) is 3.24. The Morgan fingerprint density at radius 2 is 1.88 bits per heavy atom. The van der Waals surface area contributed by atoms with Crippen LogP contribution in [0.5, 0.6) is 0 Å². The summed E-state index contributed by atoms with van der Waals surface area (Å²) in [7, 11) is 0. The van der Waals surface area contributed by atoms with Gasteiger partial charge in [0.25, 0.3) is 0 Å². The third-order valence-electron chi connectivity index (χ3n) is 6.86. The minimum atomic E-state index is 0.367. The van der Waals surface area contributed by atoms with Crippen molar-refractivity contribution < 1.29 is 4.74 Å². The van der Waals surface area contributed by atoms with Gasteiger partial charge in [0.05, 0.1) is 12.0 Å². The molecule has 1 aromatic carbocycles. The summed E-state index contributed by atoms with van der Waals surface area (Å²) in [5.41, 5.74) is 6.02. The van der Waals surface area contributed by atoms with Gasteiger partial charge in [-0.25, -0.2) is 0 Å². The van der Waals surface area contributed by atoms with Gasteiger partial charge in [0.1, 0.15) is 11.9 Å². The summed E-state index contributed by atoms with van der Waals surface area (Å²) in [5, 5.41) is 0. The van der Waals surface area contributed by atoms with Gasteiger partial charge < -0.3 is 9.64 Å². The maximum Gasteiger partial charge on any atom is 0.110 e. The summed E-state index contributed by atoms with van der Waals surface area (Å²) >= 11 is 0. The zero-order valence-electron chi connectivity index (χ0n) is 15.1. The molecule has 1 aromatic rings. The van der Waals surface area contributed by atoms with E-state index in [9.17, 15) is 0 Å². The maximum absolute atomic E-state index is 6.63. The van der Waals surface area contributed by atoms with Crippen LogP contribution in [0.25, 0.3) is 0 Å². The van der Waals surface area contributed by atoms with E-state index in [1.165, 1.54) is 42.7 Å². The van der Waals surface area contributed by atoms with Crippen molar-refractivity contribution in [2.45, 2.75) is 50.7 Å². The molecule has 4 atom stereocenters. The van der Waals surface area contributed by atoms with Gasteiger partial charge >= 0.3 is 0 Å². The molecular weight excluding hydrogens is 318 g/mol. The molecule has 2 aliphatic heterocycles. The van der Waals surface area contributed by atoms with Crippen LogP contribution < -0.4 is 4.90 Å². The molecule has 0 saturated heterocycles. The highest BCUT2D eigenvalue weighted by molar-refractivity contribution is 5.63. The highest BCUT2D eigenvalue weighted by Gasteiger charge is 2.49. The SMILES string of the molecule is C1=CC2C3=C(OC2CC1)C1C2=C(CCCC2)N(c2ccccc2)C1C=C3. The van der Waals surface area contributed by atoms with Crippen LogP contribution in [0.1, 0.15) is 38.5 Å². The number of para-hydroxylation sites is 1. The Kier molecular flexibility index (Phi) is 3.23. The Morgan fingerprint density at radius 1 is 1.00 bits per heavy atom. The van der Waals surface area contributed by atoms with Gasteiger partial charge in [-0.2, -0.15) is 0 Å². The molecule has 132 valence electrons. The molecule has 0 saturated carbocycles. The first-order chi connectivity index (χ1) is 12.9. The van der Waals surface area contributed by atoms with Crippen LogP contribution >= 0.6 is 0 Å². The van der Waals surface area contributed by atoms with E-state index in [1.807, 2.05) is 0 Å². The van der Waals surface area contributed by atoms with Crippen molar-refractivity contribution in [3.8, 4) is 0 Å². The monoisotopic (exact) mass is 343 g/mol. The molecule has 3 aliphatic carbocycles. The van der Waals surface area contributed by atoms with Crippen molar-refractivity contribution in [1.29, 1.82) is 0 Å². The summed E-state index contributed by atoms with van der Waals surface area (Å²) in [6.45, 7) is 0. The molecule has 0 N–H and O–H groups in total. The first-order valence-electron chi connectivity index (χ1n) is 10.2. The van der Waals surface area contributed by atoms with Gasteiger partial charge in [-0.3, -0.25) is 0 Å². The molecule has 5 aliphatic rings. The van der Waals surface area contributed by atoms with Crippen molar-refractivity contribution in [3.05, 3.63) is 77.2 Å². The number of hydrogen-bond acceptors (Lipinski definition) is 2. The number of anilines is 1. The lowest BCUT2D eigenvalue weighted by Gasteiger charge is -2.32. The van der Waals surface area contributed by atoms with Gasteiger partial charge in [0.15, 0.2) is 0 Å². The van der Waals surface area contributed by atoms with Gasteiger partial charge in [0.2, 0.25) is 0 Å². The molecule has 4 unspecified atom stereocenters. The van der Waals surface area contributed by atoms with Crippen molar-refractivity contribution in [2.75, 3.05) is 4.90 Å². The Labute approximate surface area is 155 Å². The summed E-state index contributed by atoms with van der Waals surface area (Å²) < 4.78 is 6.63. The van der Waals surface area contributed by atoms with Crippen LogP contribution in [-0.4, -0.2) is 12.1 Å². The molecule has 0 fully saturated rings. The second-order valence-corrected chi connectivity index (χ2v) is 8.22. The Hall–Kier alpha value is -2.22. The van der Waals surface area contributed by atoms with Gasteiger partial charge in [-0.05, 0) is 56.2 Å². The number of rotatable bonds is 1. The minimum Gasteiger partial charge on any atom is -0.493 e. The fourth-order valence-electron chi connectivity index (χ4n) is 5.77. The van der Waals surface area contributed by atoms with Crippen LogP contribution in [0, 0.1) is 11.8 Å². The van der Waals surface area contributed by atoms with Crippen LogP contribution in [0.4, 0.5) is 5.69 Å². The van der Waals surface area contributed by atoms with E-state index in [-0.39, 0.29) is 0 Å². The molecule has 0 bridgehead atoms. The molecular formula is C24H25NO. The lowest BCUT2D eigenvalue weighted by molar-refractivity contribution is 0.0975. The molecule has 2 nitrogen and oxygen atoms in total. The molecule has 0 aromatic heterocycles. The van der Waals surface area contributed by atoms with Crippen LogP contribution in [0.3, 0.4) is 0 Å². The topological polar surface area (TPSA) is 12.5 Å². The van der Waals surface area contributed by atoms with E-state index in [4.69, 9.17) is 4.74 Å².